The third-order valence-electron chi connectivity index (χ3n) is 3.83. The fraction of sp³-hybridized carbons (Fsp3) is 0.429. The van der Waals surface area contributed by atoms with Gasteiger partial charge in [0.1, 0.15) is 0 Å². The molecule has 6 heteroatoms. The Morgan fingerprint density at radius 1 is 1.30 bits per heavy atom. The van der Waals surface area contributed by atoms with Gasteiger partial charge >= 0.3 is 0 Å². The zero-order valence-corrected chi connectivity index (χ0v) is 12.5. The number of hydrogen-bond acceptors (Lipinski definition) is 3. The quantitative estimate of drug-likeness (QED) is 0.740. The summed E-state index contributed by atoms with van der Waals surface area (Å²) < 4.78 is 0.415. The van der Waals surface area contributed by atoms with Gasteiger partial charge in [0.2, 0.25) is 0 Å². The lowest BCUT2D eigenvalue weighted by Gasteiger charge is -2.27. The number of nitrogens with zero attached hydrogens (tertiary/aromatic N) is 1. The largest absolute Gasteiger partial charge is 0.361 e. The van der Waals surface area contributed by atoms with Crippen molar-refractivity contribution in [1.29, 1.82) is 0 Å². The van der Waals surface area contributed by atoms with Crippen molar-refractivity contribution in [3.05, 3.63) is 49.4 Å². The Morgan fingerprint density at radius 3 is 2.80 bits per heavy atom. The van der Waals surface area contributed by atoms with E-state index in [4.69, 9.17) is 12.2 Å². The third-order valence-corrected chi connectivity index (χ3v) is 4.03. The molecule has 3 heterocycles. The molecule has 1 aliphatic rings. The lowest BCUT2D eigenvalue weighted by Crippen LogP contribution is -2.35. The molecule has 0 fully saturated rings. The second-order valence-electron chi connectivity index (χ2n) is 5.44. The van der Waals surface area contributed by atoms with Gasteiger partial charge in [0, 0.05) is 43.1 Å². The highest BCUT2D eigenvalue weighted by Gasteiger charge is 2.20. The lowest BCUT2D eigenvalue weighted by molar-refractivity contribution is 0.238. The highest BCUT2D eigenvalue weighted by atomic mass is 32.1. The molecule has 0 saturated heterocycles. The summed E-state index contributed by atoms with van der Waals surface area (Å²) in [6.45, 7) is 6.61. The normalized spacial score (nSPS) is 15.3. The van der Waals surface area contributed by atoms with E-state index < -0.39 is 0 Å². The molecule has 0 aliphatic carbocycles. The molecule has 3 N–H and O–H groups in total. The number of aromatic amines is 3. The second kappa shape index (κ2) is 5.03. The van der Waals surface area contributed by atoms with E-state index in [1.54, 1.807) is 0 Å². The van der Waals surface area contributed by atoms with Crippen LogP contribution in [0, 0.1) is 18.6 Å². The van der Waals surface area contributed by atoms with Gasteiger partial charge in [-0.25, -0.2) is 0 Å². The van der Waals surface area contributed by atoms with E-state index in [0.717, 1.165) is 30.8 Å². The van der Waals surface area contributed by atoms with Crippen molar-refractivity contribution in [2.45, 2.75) is 33.4 Å². The number of aromatic nitrogens is 3. The minimum atomic E-state index is -0.0622. The van der Waals surface area contributed by atoms with Gasteiger partial charge in [0.15, 0.2) is 4.77 Å². The molecule has 3 rings (SSSR count). The van der Waals surface area contributed by atoms with E-state index in [2.05, 4.69) is 39.8 Å². The van der Waals surface area contributed by atoms with Gasteiger partial charge in [0.05, 0.1) is 5.56 Å². The first-order valence-corrected chi connectivity index (χ1v) is 7.15. The van der Waals surface area contributed by atoms with Gasteiger partial charge < -0.3 is 9.97 Å². The molecule has 106 valence electrons. The molecule has 0 unspecified atom stereocenters. The van der Waals surface area contributed by atoms with Crippen molar-refractivity contribution in [3.8, 4) is 0 Å². The van der Waals surface area contributed by atoms with Crippen LogP contribution in [0.25, 0.3) is 0 Å². The van der Waals surface area contributed by atoms with Gasteiger partial charge in [-0.15, -0.1) is 0 Å². The second-order valence-corrected chi connectivity index (χ2v) is 5.85. The van der Waals surface area contributed by atoms with Crippen LogP contribution in [0.4, 0.5) is 0 Å². The first-order valence-electron chi connectivity index (χ1n) is 6.74. The number of aryl methyl sites for hydroxylation is 2. The predicted octanol–water partition coefficient (Wildman–Crippen LogP) is 1.94. The SMILES string of the molecule is Cc1cc(C)c(CN2CCc3[nH]c(=S)[nH]c(=O)c3C2)[nH]1. The van der Waals surface area contributed by atoms with Crippen LogP contribution in [-0.4, -0.2) is 26.4 Å². The van der Waals surface area contributed by atoms with Crippen molar-refractivity contribution in [2.24, 2.45) is 0 Å². The highest BCUT2D eigenvalue weighted by molar-refractivity contribution is 7.71. The van der Waals surface area contributed by atoms with E-state index in [9.17, 15) is 4.79 Å². The Hall–Kier alpha value is -1.66. The Morgan fingerprint density at radius 2 is 2.10 bits per heavy atom. The van der Waals surface area contributed by atoms with E-state index in [-0.39, 0.29) is 5.56 Å². The van der Waals surface area contributed by atoms with E-state index in [1.807, 2.05) is 0 Å². The summed E-state index contributed by atoms with van der Waals surface area (Å²) in [4.78, 5) is 23.4. The average molecular weight is 290 g/mol. The number of rotatable bonds is 2. The van der Waals surface area contributed by atoms with Gasteiger partial charge in [-0.1, -0.05) is 0 Å². The maximum atomic E-state index is 12.0. The first-order chi connectivity index (χ1) is 9.52. The van der Waals surface area contributed by atoms with Gasteiger partial charge in [-0.2, -0.15) is 0 Å². The molecule has 20 heavy (non-hydrogen) atoms. The Bertz CT molecular complexity index is 755. The molecule has 2 aromatic rings. The Balaban J connectivity index is 1.84. The van der Waals surface area contributed by atoms with Gasteiger partial charge in [0.25, 0.3) is 5.56 Å². The standard InChI is InChI=1S/C14H18N4OS/c1-8-5-9(2)15-12(8)7-18-4-3-11-10(6-18)13(19)17-14(20)16-11/h5,15H,3-4,6-7H2,1-2H3,(H2,16,17,19,20). The molecule has 0 bridgehead atoms. The highest BCUT2D eigenvalue weighted by Crippen LogP contribution is 2.17. The summed E-state index contributed by atoms with van der Waals surface area (Å²) in [5, 5.41) is 0. The average Bonchev–Trinajstić information content (AvgIpc) is 2.68. The number of hydrogen-bond donors (Lipinski definition) is 3. The van der Waals surface area contributed by atoms with Crippen LogP contribution in [-0.2, 0) is 19.5 Å². The van der Waals surface area contributed by atoms with Crippen LogP contribution >= 0.6 is 12.2 Å². The fourth-order valence-electron chi connectivity index (χ4n) is 2.82. The van der Waals surface area contributed by atoms with Crippen LogP contribution < -0.4 is 5.56 Å². The minimum Gasteiger partial charge on any atom is -0.361 e. The zero-order valence-electron chi connectivity index (χ0n) is 11.7. The molecule has 1 aliphatic heterocycles. The van der Waals surface area contributed by atoms with E-state index in [1.165, 1.54) is 17.0 Å². The molecule has 2 aromatic heterocycles. The number of H-pyrrole nitrogens is 3. The molecule has 0 spiro atoms. The first kappa shape index (κ1) is 13.3. The molecule has 0 saturated carbocycles. The third kappa shape index (κ3) is 2.48. The molecule has 0 aromatic carbocycles. The van der Waals surface area contributed by atoms with E-state index >= 15 is 0 Å². The number of nitrogens with one attached hydrogen (secondary N) is 3. The molecular weight excluding hydrogens is 272 g/mol. The minimum absolute atomic E-state index is 0.0622. The maximum Gasteiger partial charge on any atom is 0.256 e. The molecular formula is C14H18N4OS. The summed E-state index contributed by atoms with van der Waals surface area (Å²) >= 11 is 5.01. The predicted molar refractivity (Wildman–Crippen MR) is 80.3 cm³/mol. The molecule has 0 radical (unpaired) electrons. The van der Waals surface area contributed by atoms with Crippen LogP contribution in [0.5, 0.6) is 0 Å². The van der Waals surface area contributed by atoms with E-state index in [0.29, 0.717) is 11.3 Å². The summed E-state index contributed by atoms with van der Waals surface area (Å²) in [5.74, 6) is 0. The van der Waals surface area contributed by atoms with Crippen LogP contribution in [0.3, 0.4) is 0 Å². The van der Waals surface area contributed by atoms with Crippen LogP contribution in [0.2, 0.25) is 0 Å². The maximum absolute atomic E-state index is 12.0. The van der Waals surface area contributed by atoms with Crippen LogP contribution in [0.1, 0.15) is 28.2 Å². The summed E-state index contributed by atoms with van der Waals surface area (Å²) in [5.41, 5.74) is 5.41. The van der Waals surface area contributed by atoms with Crippen molar-refractivity contribution in [3.63, 3.8) is 0 Å². The van der Waals surface area contributed by atoms with Crippen molar-refractivity contribution < 1.29 is 0 Å². The van der Waals surface area contributed by atoms with Crippen molar-refractivity contribution in [2.75, 3.05) is 6.54 Å². The summed E-state index contributed by atoms with van der Waals surface area (Å²) in [7, 11) is 0. The van der Waals surface area contributed by atoms with Crippen molar-refractivity contribution in [1.82, 2.24) is 19.9 Å². The van der Waals surface area contributed by atoms with Crippen LogP contribution in [0.15, 0.2) is 10.9 Å². The topological polar surface area (TPSA) is 67.7 Å². The number of fused-ring (bicyclic) bond motifs is 1. The fourth-order valence-corrected chi connectivity index (χ4v) is 3.04. The zero-order chi connectivity index (χ0) is 14.3. The lowest BCUT2D eigenvalue weighted by atomic mass is 10.1. The molecule has 0 amide bonds. The smallest absolute Gasteiger partial charge is 0.256 e. The Labute approximate surface area is 122 Å². The monoisotopic (exact) mass is 290 g/mol. The van der Waals surface area contributed by atoms with Gasteiger partial charge in [-0.05, 0) is 37.7 Å². The Kier molecular flexibility index (Phi) is 3.35. The molecule has 5 nitrogen and oxygen atoms in total. The van der Waals surface area contributed by atoms with Crippen molar-refractivity contribution >= 4 is 12.2 Å². The summed E-state index contributed by atoms with van der Waals surface area (Å²) in [6, 6.07) is 2.15. The van der Waals surface area contributed by atoms with Gasteiger partial charge in [-0.3, -0.25) is 14.7 Å². The summed E-state index contributed by atoms with van der Waals surface area (Å²) in [6.07, 6.45) is 0.835. The molecule has 0 atom stereocenters.